The van der Waals surface area contributed by atoms with E-state index in [9.17, 15) is 4.79 Å². The van der Waals surface area contributed by atoms with Crippen LogP contribution in [0.15, 0.2) is 30.3 Å². The van der Waals surface area contributed by atoms with Crippen LogP contribution in [0.3, 0.4) is 0 Å². The van der Waals surface area contributed by atoms with E-state index in [1.165, 1.54) is 0 Å². The van der Waals surface area contributed by atoms with Gasteiger partial charge in [0, 0.05) is 31.5 Å². The molecule has 1 aromatic carbocycles. The average molecular weight is 301 g/mol. The molecule has 1 aromatic heterocycles. The van der Waals surface area contributed by atoms with Gasteiger partial charge in [-0.1, -0.05) is 18.2 Å². The lowest BCUT2D eigenvalue weighted by Crippen LogP contribution is -2.27. The Hall–Kier alpha value is -2.14. The van der Waals surface area contributed by atoms with E-state index < -0.39 is 0 Å². The average Bonchev–Trinajstić information content (AvgIpc) is 2.80. The fourth-order valence-corrected chi connectivity index (χ4v) is 2.42. The van der Waals surface area contributed by atoms with E-state index in [2.05, 4.69) is 10.4 Å². The number of benzene rings is 1. The normalized spacial score (nSPS) is 10.7. The summed E-state index contributed by atoms with van der Waals surface area (Å²) in [5.74, 6) is 0.0231. The molecule has 0 radical (unpaired) electrons. The van der Waals surface area contributed by atoms with Gasteiger partial charge in [0.2, 0.25) is 5.91 Å². The van der Waals surface area contributed by atoms with E-state index >= 15 is 0 Å². The monoisotopic (exact) mass is 301 g/mol. The maximum atomic E-state index is 12.0. The standard InChI is InChI=1S/C17H23N3O2/c1-13-16(12-17(21)18-10-7-11-22-3)14(2)20(19-13)15-8-5-4-6-9-15/h4-6,8-9H,7,10-12H2,1-3H3,(H,18,21). The molecule has 0 spiro atoms. The zero-order chi connectivity index (χ0) is 15.9. The van der Waals surface area contributed by atoms with Gasteiger partial charge in [-0.25, -0.2) is 4.68 Å². The highest BCUT2D eigenvalue weighted by molar-refractivity contribution is 5.79. The summed E-state index contributed by atoms with van der Waals surface area (Å²) in [5.41, 5.74) is 3.91. The molecule has 2 rings (SSSR count). The Morgan fingerprint density at radius 1 is 1.27 bits per heavy atom. The van der Waals surface area contributed by atoms with Crippen LogP contribution in [0.2, 0.25) is 0 Å². The van der Waals surface area contributed by atoms with Crippen molar-refractivity contribution in [3.05, 3.63) is 47.3 Å². The summed E-state index contributed by atoms with van der Waals surface area (Å²) < 4.78 is 6.86. The Bertz CT molecular complexity index is 620. The quantitative estimate of drug-likeness (QED) is 0.798. The van der Waals surface area contributed by atoms with Gasteiger partial charge in [0.15, 0.2) is 0 Å². The van der Waals surface area contributed by atoms with Crippen LogP contribution in [0.25, 0.3) is 5.69 Å². The molecule has 5 nitrogen and oxygen atoms in total. The summed E-state index contributed by atoms with van der Waals surface area (Å²) in [4.78, 5) is 12.0. The SMILES string of the molecule is COCCCNC(=O)Cc1c(C)nn(-c2ccccc2)c1C. The molecule has 0 fully saturated rings. The number of hydrogen-bond acceptors (Lipinski definition) is 3. The molecular weight excluding hydrogens is 278 g/mol. The molecule has 1 amide bonds. The smallest absolute Gasteiger partial charge is 0.224 e. The third-order valence-electron chi connectivity index (χ3n) is 3.63. The third-order valence-corrected chi connectivity index (χ3v) is 3.63. The molecule has 118 valence electrons. The Labute approximate surface area is 131 Å². The minimum atomic E-state index is 0.0231. The first kappa shape index (κ1) is 16.2. The van der Waals surface area contributed by atoms with Crippen LogP contribution in [-0.2, 0) is 16.0 Å². The first-order valence-corrected chi connectivity index (χ1v) is 7.49. The third kappa shape index (κ3) is 3.95. The number of carbonyl (C=O) groups is 1. The van der Waals surface area contributed by atoms with E-state index in [0.29, 0.717) is 19.6 Å². The highest BCUT2D eigenvalue weighted by Gasteiger charge is 2.15. The second-order valence-corrected chi connectivity index (χ2v) is 5.27. The summed E-state index contributed by atoms with van der Waals surface area (Å²) in [5, 5.41) is 7.47. The zero-order valence-corrected chi connectivity index (χ0v) is 13.4. The number of nitrogens with zero attached hydrogens (tertiary/aromatic N) is 2. The van der Waals surface area contributed by atoms with Gasteiger partial charge in [0.05, 0.1) is 17.8 Å². The van der Waals surface area contributed by atoms with Crippen molar-refractivity contribution in [1.82, 2.24) is 15.1 Å². The number of aromatic nitrogens is 2. The van der Waals surface area contributed by atoms with Crippen LogP contribution in [-0.4, -0.2) is 35.9 Å². The van der Waals surface area contributed by atoms with Crippen molar-refractivity contribution in [3.63, 3.8) is 0 Å². The Balaban J connectivity index is 2.06. The van der Waals surface area contributed by atoms with Crippen LogP contribution < -0.4 is 5.32 Å². The summed E-state index contributed by atoms with van der Waals surface area (Å²) in [6, 6.07) is 9.95. The zero-order valence-electron chi connectivity index (χ0n) is 13.4. The van der Waals surface area contributed by atoms with Gasteiger partial charge in [-0.15, -0.1) is 0 Å². The highest BCUT2D eigenvalue weighted by atomic mass is 16.5. The molecule has 0 aliphatic rings. The minimum Gasteiger partial charge on any atom is -0.385 e. The van der Waals surface area contributed by atoms with Gasteiger partial charge in [-0.3, -0.25) is 4.79 Å². The summed E-state index contributed by atoms with van der Waals surface area (Å²) in [6.07, 6.45) is 1.18. The van der Waals surface area contributed by atoms with Crippen LogP contribution in [0, 0.1) is 13.8 Å². The lowest BCUT2D eigenvalue weighted by Gasteiger charge is -2.06. The number of rotatable bonds is 7. The second-order valence-electron chi connectivity index (χ2n) is 5.27. The van der Waals surface area contributed by atoms with Crippen molar-refractivity contribution in [2.75, 3.05) is 20.3 Å². The van der Waals surface area contributed by atoms with E-state index in [1.54, 1.807) is 7.11 Å². The Kier molecular flexibility index (Phi) is 5.72. The van der Waals surface area contributed by atoms with Gasteiger partial charge < -0.3 is 10.1 Å². The van der Waals surface area contributed by atoms with E-state index in [-0.39, 0.29) is 5.91 Å². The molecule has 0 unspecified atom stereocenters. The molecule has 1 heterocycles. The van der Waals surface area contributed by atoms with Crippen molar-refractivity contribution in [3.8, 4) is 5.69 Å². The molecule has 0 bridgehead atoms. The predicted molar refractivity (Wildman–Crippen MR) is 86.2 cm³/mol. The van der Waals surface area contributed by atoms with Crippen molar-refractivity contribution in [2.24, 2.45) is 0 Å². The molecule has 0 aliphatic heterocycles. The fourth-order valence-electron chi connectivity index (χ4n) is 2.42. The van der Waals surface area contributed by atoms with Crippen molar-refractivity contribution in [1.29, 1.82) is 0 Å². The van der Waals surface area contributed by atoms with Gasteiger partial charge in [0.1, 0.15) is 0 Å². The van der Waals surface area contributed by atoms with Crippen LogP contribution in [0.5, 0.6) is 0 Å². The van der Waals surface area contributed by atoms with E-state index in [1.807, 2.05) is 48.9 Å². The minimum absolute atomic E-state index is 0.0231. The molecule has 2 aromatic rings. The fraction of sp³-hybridized carbons (Fsp3) is 0.412. The molecule has 0 aliphatic carbocycles. The van der Waals surface area contributed by atoms with Crippen molar-refractivity contribution < 1.29 is 9.53 Å². The van der Waals surface area contributed by atoms with Crippen LogP contribution in [0.1, 0.15) is 23.4 Å². The predicted octanol–water partition coefficient (Wildman–Crippen LogP) is 2.18. The maximum Gasteiger partial charge on any atom is 0.224 e. The topological polar surface area (TPSA) is 56.1 Å². The number of aryl methyl sites for hydroxylation is 1. The lowest BCUT2D eigenvalue weighted by molar-refractivity contribution is -0.120. The van der Waals surface area contributed by atoms with E-state index in [4.69, 9.17) is 4.74 Å². The molecule has 5 heteroatoms. The van der Waals surface area contributed by atoms with E-state index in [0.717, 1.165) is 29.1 Å². The number of nitrogens with one attached hydrogen (secondary N) is 1. The van der Waals surface area contributed by atoms with Gasteiger partial charge >= 0.3 is 0 Å². The highest BCUT2D eigenvalue weighted by Crippen LogP contribution is 2.18. The molecular formula is C17H23N3O2. The lowest BCUT2D eigenvalue weighted by atomic mass is 10.1. The molecule has 22 heavy (non-hydrogen) atoms. The Morgan fingerprint density at radius 3 is 2.68 bits per heavy atom. The first-order chi connectivity index (χ1) is 10.6. The summed E-state index contributed by atoms with van der Waals surface area (Å²) in [7, 11) is 1.66. The molecule has 0 atom stereocenters. The van der Waals surface area contributed by atoms with Gasteiger partial charge in [-0.2, -0.15) is 5.10 Å². The number of methoxy groups -OCH3 is 1. The first-order valence-electron chi connectivity index (χ1n) is 7.49. The number of carbonyl (C=O) groups excluding carboxylic acids is 1. The van der Waals surface area contributed by atoms with Crippen LogP contribution in [0.4, 0.5) is 0 Å². The van der Waals surface area contributed by atoms with Crippen molar-refractivity contribution >= 4 is 5.91 Å². The van der Waals surface area contributed by atoms with Crippen molar-refractivity contribution in [2.45, 2.75) is 26.7 Å². The van der Waals surface area contributed by atoms with Gasteiger partial charge in [0.25, 0.3) is 0 Å². The number of hydrogen-bond donors (Lipinski definition) is 1. The van der Waals surface area contributed by atoms with Crippen LogP contribution >= 0.6 is 0 Å². The number of amides is 1. The largest absolute Gasteiger partial charge is 0.385 e. The molecule has 0 saturated heterocycles. The maximum absolute atomic E-state index is 12.0. The van der Waals surface area contributed by atoms with Gasteiger partial charge in [-0.05, 0) is 32.4 Å². The second kappa shape index (κ2) is 7.75. The summed E-state index contributed by atoms with van der Waals surface area (Å²) in [6.45, 7) is 5.24. The number of ether oxygens (including phenoxy) is 1. The molecule has 1 N–H and O–H groups in total. The molecule has 0 saturated carbocycles. The number of para-hydroxylation sites is 1. The summed E-state index contributed by atoms with van der Waals surface area (Å²) >= 11 is 0. The Morgan fingerprint density at radius 2 is 2.00 bits per heavy atom.